The van der Waals surface area contributed by atoms with Gasteiger partial charge in [-0.3, -0.25) is 9.88 Å². The van der Waals surface area contributed by atoms with Crippen LogP contribution in [0.5, 0.6) is 0 Å². The van der Waals surface area contributed by atoms with E-state index >= 15 is 0 Å². The first-order valence-electron chi connectivity index (χ1n) is 9.01. The molecule has 0 aliphatic carbocycles. The van der Waals surface area contributed by atoms with Crippen LogP contribution in [-0.2, 0) is 18.6 Å². The Labute approximate surface area is 165 Å². The number of nitrogens with zero attached hydrogens (tertiary/aromatic N) is 6. The van der Waals surface area contributed by atoms with Crippen LogP contribution in [-0.4, -0.2) is 30.1 Å². The number of hydrogen-bond acceptors (Lipinski definition) is 5. The van der Waals surface area contributed by atoms with E-state index in [1.807, 2.05) is 35.1 Å². The number of tetrazole rings is 1. The Hall–Kier alpha value is -2.31. The van der Waals surface area contributed by atoms with Crippen molar-refractivity contribution in [3.05, 3.63) is 70.8 Å². The molecular weight excluding hydrogens is 360 g/mol. The monoisotopic (exact) mass is 384 g/mol. The summed E-state index contributed by atoms with van der Waals surface area (Å²) in [4.78, 5) is 6.55. The Kier molecular flexibility index (Phi) is 5.87. The summed E-state index contributed by atoms with van der Waals surface area (Å²) in [5, 5.41) is 13.2. The molecule has 0 saturated carbocycles. The molecule has 0 bridgehead atoms. The van der Waals surface area contributed by atoms with Crippen molar-refractivity contribution in [3.8, 4) is 0 Å². The van der Waals surface area contributed by atoms with Gasteiger partial charge in [-0.2, -0.15) is 0 Å². The molecule has 3 aromatic rings. The van der Waals surface area contributed by atoms with Gasteiger partial charge >= 0.3 is 0 Å². The maximum atomic E-state index is 6.42. The van der Waals surface area contributed by atoms with E-state index in [1.54, 1.807) is 6.20 Å². The maximum absolute atomic E-state index is 6.42. The van der Waals surface area contributed by atoms with E-state index in [9.17, 15) is 0 Å². The van der Waals surface area contributed by atoms with Crippen LogP contribution >= 0.6 is 11.6 Å². The van der Waals surface area contributed by atoms with E-state index in [2.05, 4.69) is 65.2 Å². The third-order valence-electron chi connectivity index (χ3n) is 4.49. The molecule has 0 aliphatic heterocycles. The Balaban J connectivity index is 1.94. The van der Waals surface area contributed by atoms with Crippen LogP contribution in [0.2, 0.25) is 5.02 Å². The molecule has 27 heavy (non-hydrogen) atoms. The minimum Gasteiger partial charge on any atom is -0.285 e. The van der Waals surface area contributed by atoms with Gasteiger partial charge in [-0.15, -0.1) is 5.10 Å². The normalized spacial score (nSPS) is 13.1. The second-order valence-corrected chi connectivity index (χ2v) is 8.06. The highest BCUT2D eigenvalue weighted by Gasteiger charge is 2.27. The van der Waals surface area contributed by atoms with E-state index in [0.29, 0.717) is 6.54 Å². The van der Waals surface area contributed by atoms with Crippen LogP contribution in [0.15, 0.2) is 48.8 Å². The second-order valence-electron chi connectivity index (χ2n) is 7.65. The highest BCUT2D eigenvalue weighted by Crippen LogP contribution is 2.27. The van der Waals surface area contributed by atoms with Gasteiger partial charge in [0.05, 0.1) is 11.6 Å². The van der Waals surface area contributed by atoms with Gasteiger partial charge in [-0.05, 0) is 61.4 Å². The highest BCUT2D eigenvalue weighted by atomic mass is 35.5. The van der Waals surface area contributed by atoms with E-state index < -0.39 is 0 Å². The lowest BCUT2D eigenvalue weighted by Gasteiger charge is -2.31. The minimum absolute atomic E-state index is 0.00398. The van der Waals surface area contributed by atoms with Crippen molar-refractivity contribution < 1.29 is 0 Å². The Morgan fingerprint density at radius 3 is 2.56 bits per heavy atom. The SMILES string of the molecule is C[C@H](c1nnnn1C(C)(C)C)N(Cc1cccnc1)Cc1ccccc1Cl. The summed E-state index contributed by atoms with van der Waals surface area (Å²) >= 11 is 6.42. The molecule has 1 aromatic carbocycles. The number of pyridine rings is 1. The quantitative estimate of drug-likeness (QED) is 0.636. The number of benzene rings is 1. The lowest BCUT2D eigenvalue weighted by atomic mass is 10.1. The summed E-state index contributed by atoms with van der Waals surface area (Å²) in [6, 6.07) is 11.9. The van der Waals surface area contributed by atoms with Gasteiger partial charge in [0, 0.05) is 30.5 Å². The molecule has 0 radical (unpaired) electrons. The van der Waals surface area contributed by atoms with Crippen molar-refractivity contribution in [1.82, 2.24) is 30.1 Å². The summed E-state index contributed by atoms with van der Waals surface area (Å²) < 4.78 is 1.89. The highest BCUT2D eigenvalue weighted by molar-refractivity contribution is 6.31. The van der Waals surface area contributed by atoms with Crippen LogP contribution in [0.3, 0.4) is 0 Å². The zero-order valence-electron chi connectivity index (χ0n) is 16.2. The van der Waals surface area contributed by atoms with Crippen molar-refractivity contribution in [2.45, 2.75) is 52.4 Å². The minimum atomic E-state index is -0.197. The molecule has 3 rings (SSSR count). The summed E-state index contributed by atoms with van der Waals surface area (Å²) in [6.07, 6.45) is 3.67. The third-order valence-corrected chi connectivity index (χ3v) is 4.86. The van der Waals surface area contributed by atoms with Crippen LogP contribution in [0.4, 0.5) is 0 Å². The molecule has 7 heteroatoms. The molecule has 6 nitrogen and oxygen atoms in total. The zero-order valence-corrected chi connectivity index (χ0v) is 16.9. The summed E-state index contributed by atoms with van der Waals surface area (Å²) in [5.74, 6) is 0.832. The van der Waals surface area contributed by atoms with E-state index in [-0.39, 0.29) is 11.6 Å². The van der Waals surface area contributed by atoms with E-state index in [0.717, 1.165) is 28.5 Å². The fourth-order valence-corrected chi connectivity index (χ4v) is 3.19. The molecule has 1 atom stereocenters. The van der Waals surface area contributed by atoms with Gasteiger partial charge in [0.15, 0.2) is 5.82 Å². The first-order valence-corrected chi connectivity index (χ1v) is 9.39. The summed E-state index contributed by atoms with van der Waals surface area (Å²) in [5.41, 5.74) is 2.01. The number of halogens is 1. The van der Waals surface area contributed by atoms with Gasteiger partial charge < -0.3 is 0 Å². The lowest BCUT2D eigenvalue weighted by molar-refractivity contribution is 0.171. The Morgan fingerprint density at radius 1 is 1.11 bits per heavy atom. The smallest absolute Gasteiger partial charge is 0.168 e. The molecule has 0 amide bonds. The van der Waals surface area contributed by atoms with Crippen LogP contribution < -0.4 is 0 Å². The van der Waals surface area contributed by atoms with Crippen molar-refractivity contribution in [1.29, 1.82) is 0 Å². The topological polar surface area (TPSA) is 59.7 Å². The zero-order chi connectivity index (χ0) is 19.4. The molecule has 0 N–H and O–H groups in total. The molecule has 0 unspecified atom stereocenters. The van der Waals surface area contributed by atoms with Crippen LogP contribution in [0.1, 0.15) is 50.7 Å². The lowest BCUT2D eigenvalue weighted by Crippen LogP contribution is -2.33. The largest absolute Gasteiger partial charge is 0.285 e. The average molecular weight is 385 g/mol. The Morgan fingerprint density at radius 2 is 1.89 bits per heavy atom. The molecule has 0 aliphatic rings. The first kappa shape index (κ1) is 19.5. The predicted molar refractivity (Wildman–Crippen MR) is 106 cm³/mol. The number of hydrogen-bond donors (Lipinski definition) is 0. The van der Waals surface area contributed by atoms with Gasteiger partial charge in [0.25, 0.3) is 0 Å². The van der Waals surface area contributed by atoms with Crippen LogP contribution in [0, 0.1) is 0 Å². The van der Waals surface area contributed by atoms with Gasteiger partial charge in [-0.25, -0.2) is 4.68 Å². The maximum Gasteiger partial charge on any atom is 0.168 e. The van der Waals surface area contributed by atoms with Crippen molar-refractivity contribution in [2.24, 2.45) is 0 Å². The number of rotatable bonds is 6. The Bertz CT molecular complexity index is 871. The van der Waals surface area contributed by atoms with Gasteiger partial charge in [-0.1, -0.05) is 35.9 Å². The molecule has 2 heterocycles. The molecule has 0 fully saturated rings. The second kappa shape index (κ2) is 8.15. The van der Waals surface area contributed by atoms with Crippen molar-refractivity contribution in [3.63, 3.8) is 0 Å². The average Bonchev–Trinajstić information content (AvgIpc) is 3.13. The molecule has 2 aromatic heterocycles. The molecular formula is C20H25ClN6. The first-order chi connectivity index (χ1) is 12.9. The fourth-order valence-electron chi connectivity index (χ4n) is 3.00. The van der Waals surface area contributed by atoms with E-state index in [1.165, 1.54) is 0 Å². The number of aromatic nitrogens is 5. The van der Waals surface area contributed by atoms with Crippen molar-refractivity contribution in [2.75, 3.05) is 0 Å². The van der Waals surface area contributed by atoms with Gasteiger partial charge in [0.2, 0.25) is 0 Å². The van der Waals surface area contributed by atoms with Crippen molar-refractivity contribution >= 4 is 11.6 Å². The van der Waals surface area contributed by atoms with Gasteiger partial charge in [0.1, 0.15) is 0 Å². The van der Waals surface area contributed by atoms with Crippen LogP contribution in [0.25, 0.3) is 0 Å². The molecule has 142 valence electrons. The predicted octanol–water partition coefficient (Wildman–Crippen LogP) is 4.24. The molecule has 0 spiro atoms. The standard InChI is InChI=1S/C20H25ClN6/c1-15(19-23-24-25-27(19)20(2,3)4)26(13-16-8-7-11-22-12-16)14-17-9-5-6-10-18(17)21/h5-12,15H,13-14H2,1-4H3/t15-/m1/s1. The fraction of sp³-hybridized carbons (Fsp3) is 0.400. The summed E-state index contributed by atoms with van der Waals surface area (Å²) in [6.45, 7) is 9.82. The summed E-state index contributed by atoms with van der Waals surface area (Å²) in [7, 11) is 0. The van der Waals surface area contributed by atoms with E-state index in [4.69, 9.17) is 11.6 Å². The third kappa shape index (κ3) is 4.70. The molecule has 0 saturated heterocycles.